The van der Waals surface area contributed by atoms with Crippen LogP contribution in [0.2, 0.25) is 0 Å². The van der Waals surface area contributed by atoms with Crippen molar-refractivity contribution in [2.45, 2.75) is 39.0 Å². The molecule has 0 aromatic heterocycles. The van der Waals surface area contributed by atoms with Gasteiger partial charge in [-0.1, -0.05) is 30.3 Å². The molecule has 1 atom stereocenters. The number of benzene rings is 1. The Morgan fingerprint density at radius 3 is 2.48 bits per heavy atom. The molecular formula is C17H24N2O3S. The zero-order chi connectivity index (χ0) is 17.0. The van der Waals surface area contributed by atoms with E-state index in [-0.39, 0.29) is 23.4 Å². The summed E-state index contributed by atoms with van der Waals surface area (Å²) in [7, 11) is -1.25. The fourth-order valence-corrected chi connectivity index (χ4v) is 2.73. The highest BCUT2D eigenvalue weighted by Gasteiger charge is 2.34. The van der Waals surface area contributed by atoms with Gasteiger partial charge in [-0.15, -0.1) is 0 Å². The Hall–Kier alpha value is -1.69. The normalized spacial score (nSPS) is 17.6. The molecule has 23 heavy (non-hydrogen) atoms. The minimum absolute atomic E-state index is 0.172. The van der Waals surface area contributed by atoms with Crippen LogP contribution in [0.4, 0.5) is 4.79 Å². The third kappa shape index (κ3) is 4.89. The number of nitrogens with zero attached hydrogens (tertiary/aromatic N) is 2. The lowest BCUT2D eigenvalue weighted by atomic mass is 9.96. The maximum absolute atomic E-state index is 12.0. The molecule has 0 aliphatic carbocycles. The molecule has 0 N–H and O–H groups in total. The summed E-state index contributed by atoms with van der Waals surface area (Å²) in [6.07, 6.45) is -0.310. The molecule has 1 aromatic carbocycles. The van der Waals surface area contributed by atoms with E-state index in [1.54, 1.807) is 4.90 Å². The van der Waals surface area contributed by atoms with E-state index in [9.17, 15) is 9.00 Å². The molecule has 1 fully saturated rings. The molecule has 0 spiro atoms. The van der Waals surface area contributed by atoms with Gasteiger partial charge in [0.15, 0.2) is 0 Å². The number of carbonyl (C=O) groups is 1. The quantitative estimate of drug-likeness (QED) is 0.794. The number of carbonyl (C=O) groups excluding carboxylic acids is 1. The summed E-state index contributed by atoms with van der Waals surface area (Å²) in [6, 6.07) is 9.60. The SMILES string of the molecule is C/C(=N\S(=O)C(C)(C)C)C1CN(C(=O)OCc2ccccc2)C1. The van der Waals surface area contributed by atoms with Gasteiger partial charge in [0.1, 0.15) is 17.6 Å². The smallest absolute Gasteiger partial charge is 0.410 e. The van der Waals surface area contributed by atoms with Crippen molar-refractivity contribution in [1.29, 1.82) is 0 Å². The van der Waals surface area contributed by atoms with Gasteiger partial charge in [-0.2, -0.15) is 4.40 Å². The van der Waals surface area contributed by atoms with Crippen molar-refractivity contribution in [3.05, 3.63) is 35.9 Å². The summed E-state index contributed by atoms with van der Waals surface area (Å²) in [4.78, 5) is 13.6. The van der Waals surface area contributed by atoms with Crippen molar-refractivity contribution in [2.75, 3.05) is 13.1 Å². The summed E-state index contributed by atoms with van der Waals surface area (Å²) in [6.45, 7) is 8.99. The Kier molecular flexibility index (Phi) is 5.57. The molecule has 1 aromatic rings. The third-order valence-electron chi connectivity index (χ3n) is 3.69. The van der Waals surface area contributed by atoms with Crippen molar-refractivity contribution in [3.8, 4) is 0 Å². The van der Waals surface area contributed by atoms with E-state index in [0.717, 1.165) is 11.3 Å². The molecule has 1 aliphatic heterocycles. The largest absolute Gasteiger partial charge is 0.445 e. The summed E-state index contributed by atoms with van der Waals surface area (Å²) in [5, 5.41) is 0. The Balaban J connectivity index is 1.78. The van der Waals surface area contributed by atoms with E-state index >= 15 is 0 Å². The lowest BCUT2D eigenvalue weighted by molar-refractivity contribution is 0.0642. The number of rotatable bonds is 4. The first-order valence-electron chi connectivity index (χ1n) is 7.70. The Morgan fingerprint density at radius 2 is 1.91 bits per heavy atom. The third-order valence-corrected chi connectivity index (χ3v) is 5.19. The lowest BCUT2D eigenvalue weighted by Crippen LogP contribution is -2.52. The second-order valence-electron chi connectivity index (χ2n) is 6.74. The van der Waals surface area contributed by atoms with Crippen molar-refractivity contribution >= 4 is 22.8 Å². The van der Waals surface area contributed by atoms with Gasteiger partial charge >= 0.3 is 6.09 Å². The average molecular weight is 336 g/mol. The van der Waals surface area contributed by atoms with Gasteiger partial charge in [0.05, 0.1) is 4.75 Å². The maximum atomic E-state index is 12.0. The zero-order valence-corrected chi connectivity index (χ0v) is 14.9. The molecule has 0 bridgehead atoms. The van der Waals surface area contributed by atoms with Gasteiger partial charge in [0, 0.05) is 24.7 Å². The molecule has 126 valence electrons. The monoisotopic (exact) mass is 336 g/mol. The number of ether oxygens (including phenoxy) is 1. The van der Waals surface area contributed by atoms with Gasteiger partial charge in [-0.3, -0.25) is 0 Å². The first-order valence-corrected chi connectivity index (χ1v) is 8.81. The minimum atomic E-state index is -1.25. The van der Waals surface area contributed by atoms with Crippen LogP contribution in [-0.4, -0.2) is 38.8 Å². The van der Waals surface area contributed by atoms with E-state index in [2.05, 4.69) is 4.40 Å². The standard InChI is InChI=1S/C17H24N2O3S/c1-13(18-23(21)17(2,3)4)15-10-19(11-15)16(20)22-12-14-8-6-5-7-9-14/h5-9,15H,10-12H2,1-4H3/b18-13+. The van der Waals surface area contributed by atoms with Gasteiger partial charge in [-0.25, -0.2) is 9.00 Å². The van der Waals surface area contributed by atoms with Gasteiger partial charge in [0.25, 0.3) is 0 Å². The minimum Gasteiger partial charge on any atom is -0.445 e. The molecular weight excluding hydrogens is 312 g/mol. The summed E-state index contributed by atoms with van der Waals surface area (Å²) in [5.74, 6) is 0.172. The first kappa shape index (κ1) is 17.7. The van der Waals surface area contributed by atoms with Crippen molar-refractivity contribution in [2.24, 2.45) is 10.3 Å². The molecule has 1 saturated heterocycles. The topological polar surface area (TPSA) is 59.0 Å². The first-order chi connectivity index (χ1) is 10.8. The van der Waals surface area contributed by atoms with Crippen LogP contribution in [0.3, 0.4) is 0 Å². The van der Waals surface area contributed by atoms with Crippen LogP contribution in [0, 0.1) is 5.92 Å². The molecule has 1 heterocycles. The maximum Gasteiger partial charge on any atom is 0.410 e. The lowest BCUT2D eigenvalue weighted by Gasteiger charge is -2.38. The molecule has 1 unspecified atom stereocenters. The molecule has 6 heteroatoms. The summed E-state index contributed by atoms with van der Waals surface area (Å²) >= 11 is 0. The molecule has 2 rings (SSSR count). The van der Waals surface area contributed by atoms with Crippen LogP contribution in [0.1, 0.15) is 33.3 Å². The number of hydrogen-bond donors (Lipinski definition) is 0. The van der Waals surface area contributed by atoms with Crippen molar-refractivity contribution in [3.63, 3.8) is 0 Å². The van der Waals surface area contributed by atoms with E-state index in [1.807, 2.05) is 58.0 Å². The summed E-state index contributed by atoms with van der Waals surface area (Å²) < 4.78 is 21.2. The van der Waals surface area contributed by atoms with Gasteiger partial charge < -0.3 is 9.64 Å². The Bertz CT molecular complexity index is 602. The van der Waals surface area contributed by atoms with E-state index in [0.29, 0.717) is 13.1 Å². The summed E-state index contributed by atoms with van der Waals surface area (Å²) in [5.41, 5.74) is 1.81. The van der Waals surface area contributed by atoms with Crippen molar-refractivity contribution < 1.29 is 13.7 Å². The highest BCUT2D eigenvalue weighted by atomic mass is 32.2. The van der Waals surface area contributed by atoms with Gasteiger partial charge in [0.2, 0.25) is 0 Å². The Morgan fingerprint density at radius 1 is 1.30 bits per heavy atom. The predicted molar refractivity (Wildman–Crippen MR) is 92.7 cm³/mol. The number of hydrogen-bond acceptors (Lipinski definition) is 3. The van der Waals surface area contributed by atoms with Crippen LogP contribution >= 0.6 is 0 Å². The highest BCUT2D eigenvalue weighted by Crippen LogP contribution is 2.21. The van der Waals surface area contributed by atoms with E-state index < -0.39 is 11.0 Å². The molecule has 0 saturated carbocycles. The Labute approximate surface area is 140 Å². The fraction of sp³-hybridized carbons (Fsp3) is 0.529. The van der Waals surface area contributed by atoms with Crippen molar-refractivity contribution in [1.82, 2.24) is 4.90 Å². The van der Waals surface area contributed by atoms with Crippen LogP contribution in [0.25, 0.3) is 0 Å². The molecule has 1 aliphatic rings. The average Bonchev–Trinajstić information content (AvgIpc) is 2.43. The molecule has 5 nitrogen and oxygen atoms in total. The van der Waals surface area contributed by atoms with Gasteiger partial charge in [-0.05, 0) is 33.3 Å². The second kappa shape index (κ2) is 7.25. The van der Waals surface area contributed by atoms with Crippen LogP contribution in [-0.2, 0) is 22.3 Å². The van der Waals surface area contributed by atoms with Crippen LogP contribution in [0.15, 0.2) is 34.7 Å². The fourth-order valence-electron chi connectivity index (χ4n) is 2.04. The number of amides is 1. The van der Waals surface area contributed by atoms with Crippen LogP contribution in [0.5, 0.6) is 0 Å². The zero-order valence-electron chi connectivity index (χ0n) is 14.1. The van der Waals surface area contributed by atoms with Crippen LogP contribution < -0.4 is 0 Å². The second-order valence-corrected chi connectivity index (χ2v) is 8.64. The predicted octanol–water partition coefficient (Wildman–Crippen LogP) is 3.18. The van der Waals surface area contributed by atoms with E-state index in [4.69, 9.17) is 4.74 Å². The molecule has 0 radical (unpaired) electrons. The highest BCUT2D eigenvalue weighted by molar-refractivity contribution is 7.85. The number of likely N-dealkylation sites (tertiary alicyclic amines) is 1. The van der Waals surface area contributed by atoms with E-state index in [1.165, 1.54) is 0 Å². The molecule has 1 amide bonds.